The second kappa shape index (κ2) is 6.89. The Bertz CT molecular complexity index is 574. The second-order valence-electron chi connectivity index (χ2n) is 4.17. The van der Waals surface area contributed by atoms with Crippen LogP contribution in [0.1, 0.15) is 12.7 Å². The van der Waals surface area contributed by atoms with E-state index in [9.17, 15) is 0 Å². The molecule has 8 nitrogen and oxygen atoms in total. The highest BCUT2D eigenvalue weighted by atomic mass is 16.5. The molecule has 0 aliphatic carbocycles. The maximum Gasteiger partial charge on any atom is 0.203 e. The average molecular weight is 293 g/mol. The van der Waals surface area contributed by atoms with Crippen LogP contribution in [0, 0.1) is 0 Å². The van der Waals surface area contributed by atoms with Gasteiger partial charge in [-0.25, -0.2) is 0 Å². The van der Waals surface area contributed by atoms with Crippen LogP contribution in [0.25, 0.3) is 5.69 Å². The first-order valence-corrected chi connectivity index (χ1v) is 6.53. The molecule has 1 N–H and O–H groups in total. The summed E-state index contributed by atoms with van der Waals surface area (Å²) >= 11 is 0. The molecule has 0 bridgehead atoms. The number of hydrogen-bond donors (Lipinski definition) is 1. The van der Waals surface area contributed by atoms with Crippen molar-refractivity contribution in [3.05, 3.63) is 18.0 Å². The van der Waals surface area contributed by atoms with Gasteiger partial charge in [-0.05, 0) is 17.0 Å². The van der Waals surface area contributed by atoms with E-state index in [1.807, 2.05) is 6.92 Å². The first kappa shape index (κ1) is 15.0. The van der Waals surface area contributed by atoms with Gasteiger partial charge in [-0.2, -0.15) is 4.68 Å². The third-order valence-electron chi connectivity index (χ3n) is 2.96. The van der Waals surface area contributed by atoms with Gasteiger partial charge in [-0.3, -0.25) is 0 Å². The minimum Gasteiger partial charge on any atom is -0.493 e. The van der Waals surface area contributed by atoms with Gasteiger partial charge in [-0.1, -0.05) is 6.92 Å². The number of nitrogens with zero attached hydrogens (tertiary/aromatic N) is 4. The van der Waals surface area contributed by atoms with Crippen molar-refractivity contribution in [1.82, 2.24) is 25.5 Å². The zero-order valence-corrected chi connectivity index (χ0v) is 12.6. The topological polar surface area (TPSA) is 83.3 Å². The normalized spacial score (nSPS) is 10.5. The molecule has 0 saturated carbocycles. The largest absolute Gasteiger partial charge is 0.493 e. The van der Waals surface area contributed by atoms with Gasteiger partial charge in [0, 0.05) is 12.1 Å². The molecular weight excluding hydrogens is 274 g/mol. The molecule has 0 unspecified atom stereocenters. The minimum atomic E-state index is 0.532. The molecule has 0 aliphatic heterocycles. The quantitative estimate of drug-likeness (QED) is 0.808. The predicted molar refractivity (Wildman–Crippen MR) is 76.2 cm³/mol. The van der Waals surface area contributed by atoms with Crippen molar-refractivity contribution in [2.45, 2.75) is 13.5 Å². The standard InChI is InChI=1S/C13H19N5O3/c1-5-14-8-12-15-16-17-18(12)9-6-10(19-2)13(21-4)11(7-9)20-3/h6-7,14H,5,8H2,1-4H3. The van der Waals surface area contributed by atoms with E-state index in [-0.39, 0.29) is 0 Å². The summed E-state index contributed by atoms with van der Waals surface area (Å²) < 4.78 is 17.6. The zero-order chi connectivity index (χ0) is 15.2. The van der Waals surface area contributed by atoms with Crippen molar-refractivity contribution in [3.8, 4) is 22.9 Å². The van der Waals surface area contributed by atoms with Crippen LogP contribution in [-0.4, -0.2) is 48.1 Å². The molecule has 8 heteroatoms. The van der Waals surface area contributed by atoms with E-state index >= 15 is 0 Å². The summed E-state index contributed by atoms with van der Waals surface area (Å²) in [4.78, 5) is 0. The Morgan fingerprint density at radius 3 is 2.29 bits per heavy atom. The van der Waals surface area contributed by atoms with Crippen LogP contribution < -0.4 is 19.5 Å². The van der Waals surface area contributed by atoms with Crippen LogP contribution in [0.3, 0.4) is 0 Å². The van der Waals surface area contributed by atoms with Gasteiger partial charge >= 0.3 is 0 Å². The lowest BCUT2D eigenvalue weighted by Gasteiger charge is -2.14. The van der Waals surface area contributed by atoms with Crippen LogP contribution in [0.5, 0.6) is 17.2 Å². The molecule has 21 heavy (non-hydrogen) atoms. The van der Waals surface area contributed by atoms with Crippen LogP contribution in [0.2, 0.25) is 0 Å². The average Bonchev–Trinajstić information content (AvgIpc) is 2.99. The Morgan fingerprint density at radius 1 is 1.10 bits per heavy atom. The maximum absolute atomic E-state index is 5.34. The lowest BCUT2D eigenvalue weighted by Crippen LogP contribution is -2.16. The number of ether oxygens (including phenoxy) is 3. The molecule has 0 saturated heterocycles. The molecule has 114 valence electrons. The predicted octanol–water partition coefficient (Wildman–Crippen LogP) is 0.798. The molecule has 0 aliphatic rings. The van der Waals surface area contributed by atoms with E-state index in [1.165, 1.54) is 0 Å². The highest BCUT2D eigenvalue weighted by Crippen LogP contribution is 2.39. The van der Waals surface area contributed by atoms with Crippen LogP contribution in [-0.2, 0) is 6.54 Å². The third kappa shape index (κ3) is 3.05. The van der Waals surface area contributed by atoms with Crippen LogP contribution in [0.15, 0.2) is 12.1 Å². The fraction of sp³-hybridized carbons (Fsp3) is 0.462. The van der Waals surface area contributed by atoms with E-state index in [0.29, 0.717) is 29.6 Å². The summed E-state index contributed by atoms with van der Waals surface area (Å²) in [5.41, 5.74) is 0.738. The Labute approximate surface area is 123 Å². The molecule has 1 aromatic heterocycles. The minimum absolute atomic E-state index is 0.532. The number of rotatable bonds is 7. The molecule has 0 amide bonds. The monoisotopic (exact) mass is 293 g/mol. The van der Waals surface area contributed by atoms with Gasteiger partial charge in [0.1, 0.15) is 0 Å². The van der Waals surface area contributed by atoms with Crippen molar-refractivity contribution >= 4 is 0 Å². The van der Waals surface area contributed by atoms with Crippen molar-refractivity contribution in [2.75, 3.05) is 27.9 Å². The molecule has 1 aromatic carbocycles. The third-order valence-corrected chi connectivity index (χ3v) is 2.96. The van der Waals surface area contributed by atoms with Crippen molar-refractivity contribution in [3.63, 3.8) is 0 Å². The van der Waals surface area contributed by atoms with Gasteiger partial charge in [0.2, 0.25) is 5.75 Å². The number of benzene rings is 1. The molecule has 2 aromatic rings. The number of aromatic nitrogens is 4. The first-order valence-electron chi connectivity index (χ1n) is 6.53. The molecule has 0 atom stereocenters. The molecular formula is C13H19N5O3. The fourth-order valence-corrected chi connectivity index (χ4v) is 1.94. The van der Waals surface area contributed by atoms with Gasteiger partial charge in [-0.15, -0.1) is 5.10 Å². The zero-order valence-electron chi connectivity index (χ0n) is 12.6. The summed E-state index contributed by atoms with van der Waals surface area (Å²) in [6.45, 7) is 3.43. The fourth-order valence-electron chi connectivity index (χ4n) is 1.94. The Hall–Kier alpha value is -2.35. The molecule has 2 rings (SSSR count). The SMILES string of the molecule is CCNCc1nnnn1-c1cc(OC)c(OC)c(OC)c1. The first-order chi connectivity index (χ1) is 10.2. The highest BCUT2D eigenvalue weighted by Gasteiger charge is 2.16. The second-order valence-corrected chi connectivity index (χ2v) is 4.17. The van der Waals surface area contributed by atoms with Gasteiger partial charge in [0.15, 0.2) is 17.3 Å². The van der Waals surface area contributed by atoms with Gasteiger partial charge in [0.25, 0.3) is 0 Å². The maximum atomic E-state index is 5.34. The number of tetrazole rings is 1. The number of methoxy groups -OCH3 is 3. The smallest absolute Gasteiger partial charge is 0.203 e. The lowest BCUT2D eigenvalue weighted by molar-refractivity contribution is 0.324. The Morgan fingerprint density at radius 2 is 1.76 bits per heavy atom. The Balaban J connectivity index is 2.47. The molecule has 0 spiro atoms. The summed E-state index contributed by atoms with van der Waals surface area (Å²) in [6.07, 6.45) is 0. The highest BCUT2D eigenvalue weighted by molar-refractivity contribution is 5.58. The van der Waals surface area contributed by atoms with Crippen LogP contribution in [0.4, 0.5) is 0 Å². The van der Waals surface area contributed by atoms with E-state index in [4.69, 9.17) is 14.2 Å². The van der Waals surface area contributed by atoms with Crippen LogP contribution >= 0.6 is 0 Å². The van der Waals surface area contributed by atoms with Crippen molar-refractivity contribution in [2.24, 2.45) is 0 Å². The van der Waals surface area contributed by atoms with E-state index in [1.54, 1.807) is 38.1 Å². The van der Waals surface area contributed by atoms with E-state index in [0.717, 1.165) is 12.2 Å². The lowest BCUT2D eigenvalue weighted by atomic mass is 10.2. The summed E-state index contributed by atoms with van der Waals surface area (Å²) in [5, 5.41) is 14.9. The van der Waals surface area contributed by atoms with Crippen molar-refractivity contribution < 1.29 is 14.2 Å². The van der Waals surface area contributed by atoms with Gasteiger partial charge < -0.3 is 19.5 Å². The summed E-state index contributed by atoms with van der Waals surface area (Å²) in [5.74, 6) is 2.34. The number of hydrogen-bond acceptors (Lipinski definition) is 7. The molecule has 0 fully saturated rings. The van der Waals surface area contributed by atoms with Crippen molar-refractivity contribution in [1.29, 1.82) is 0 Å². The summed E-state index contributed by atoms with van der Waals surface area (Å²) in [6, 6.07) is 3.60. The Kier molecular flexibility index (Phi) is 4.94. The molecule has 1 heterocycles. The molecule has 0 radical (unpaired) electrons. The number of nitrogens with one attached hydrogen (secondary N) is 1. The summed E-state index contributed by atoms with van der Waals surface area (Å²) in [7, 11) is 4.70. The van der Waals surface area contributed by atoms with E-state index in [2.05, 4.69) is 20.8 Å². The van der Waals surface area contributed by atoms with E-state index < -0.39 is 0 Å². The van der Waals surface area contributed by atoms with Gasteiger partial charge in [0.05, 0.1) is 33.6 Å².